The topological polar surface area (TPSA) is 20.9 Å². The number of carbonyl (C=O) groups excluding carboxylic acids is 1. The number of carbonyl (C=O) groups is 1. The van der Waals surface area contributed by atoms with Gasteiger partial charge in [-0.25, -0.2) is 0 Å². The van der Waals surface area contributed by atoms with Crippen LogP contribution in [0.3, 0.4) is 0 Å². The van der Waals surface area contributed by atoms with E-state index in [1.54, 1.807) is 0 Å². The Balaban J connectivity index is 1.69. The highest BCUT2D eigenvalue weighted by atomic mass is 16.1. The Bertz CT molecular complexity index is 988. The molecule has 1 heterocycles. The molecule has 2 nitrogen and oxygen atoms in total. The van der Waals surface area contributed by atoms with E-state index >= 15 is 0 Å². The summed E-state index contributed by atoms with van der Waals surface area (Å²) < 4.78 is 1.98. The number of nitrogens with zero attached hydrogens (tertiary/aromatic N) is 1. The van der Waals surface area contributed by atoms with Gasteiger partial charge >= 0.3 is 0 Å². The summed E-state index contributed by atoms with van der Waals surface area (Å²) in [5.41, 5.74) is 6.61. The average molecular weight is 328 g/mol. The highest BCUT2D eigenvalue weighted by Gasteiger charge is 2.26. The van der Waals surface area contributed by atoms with Gasteiger partial charge in [0.25, 0.3) is 0 Å². The first-order valence-corrected chi connectivity index (χ1v) is 9.38. The molecule has 0 radical (unpaired) electrons. The summed E-state index contributed by atoms with van der Waals surface area (Å²) in [5, 5.41) is 2.89. The maximum Gasteiger partial charge on any atom is 0.227 e. The predicted molar refractivity (Wildman–Crippen MR) is 99.0 cm³/mol. The zero-order valence-electron chi connectivity index (χ0n) is 14.4. The van der Waals surface area contributed by atoms with Crippen molar-refractivity contribution in [3.05, 3.63) is 76.6 Å². The summed E-state index contributed by atoms with van der Waals surface area (Å²) in [6, 6.07) is 12.8. The Morgan fingerprint density at radius 2 is 1.52 bits per heavy atom. The van der Waals surface area contributed by atoms with Gasteiger partial charge < -0.3 is 0 Å². The number of aryl methyl sites for hydroxylation is 4. The quantitative estimate of drug-likeness (QED) is 0.526. The van der Waals surface area contributed by atoms with Crippen LogP contribution in [0.15, 0.2) is 48.8 Å². The number of ketones is 1. The Kier molecular flexibility index (Phi) is 3.44. The maximum atomic E-state index is 13.1. The van der Waals surface area contributed by atoms with Crippen LogP contribution in [0.25, 0.3) is 10.8 Å². The lowest BCUT2D eigenvalue weighted by Crippen LogP contribution is -2.37. The molecule has 0 saturated heterocycles. The van der Waals surface area contributed by atoms with Crippen LogP contribution in [0.2, 0.25) is 0 Å². The van der Waals surface area contributed by atoms with Gasteiger partial charge in [0, 0.05) is 17.7 Å². The molecule has 0 atom stereocenters. The third-order valence-electron chi connectivity index (χ3n) is 5.81. The van der Waals surface area contributed by atoms with E-state index in [0.717, 1.165) is 31.2 Å². The molecule has 5 rings (SSSR count). The summed E-state index contributed by atoms with van der Waals surface area (Å²) in [6.07, 6.45) is 10.8. The molecule has 2 heteroatoms. The molecule has 0 bridgehead atoms. The molecule has 0 fully saturated rings. The van der Waals surface area contributed by atoms with Crippen molar-refractivity contribution in [1.82, 2.24) is 0 Å². The van der Waals surface area contributed by atoms with E-state index < -0.39 is 0 Å². The van der Waals surface area contributed by atoms with E-state index in [9.17, 15) is 4.79 Å². The van der Waals surface area contributed by atoms with Crippen LogP contribution in [0.1, 0.15) is 45.5 Å². The first kappa shape index (κ1) is 14.8. The van der Waals surface area contributed by atoms with Crippen molar-refractivity contribution in [2.75, 3.05) is 0 Å². The molecule has 0 spiro atoms. The van der Waals surface area contributed by atoms with E-state index in [2.05, 4.69) is 18.2 Å². The Morgan fingerprint density at radius 3 is 2.32 bits per heavy atom. The molecule has 2 aliphatic carbocycles. The molecule has 25 heavy (non-hydrogen) atoms. The molecule has 2 aliphatic rings. The Labute approximate surface area is 148 Å². The summed E-state index contributed by atoms with van der Waals surface area (Å²) in [4.78, 5) is 13.1. The monoisotopic (exact) mass is 328 g/mol. The molecule has 1 aromatic heterocycles. The molecular weight excluding hydrogens is 306 g/mol. The zero-order valence-corrected chi connectivity index (χ0v) is 14.4. The van der Waals surface area contributed by atoms with Gasteiger partial charge in [-0.15, -0.1) is 0 Å². The largest absolute Gasteiger partial charge is 0.287 e. The molecule has 2 aromatic carbocycles. The number of benzene rings is 2. The molecule has 0 amide bonds. The third-order valence-corrected chi connectivity index (χ3v) is 5.81. The number of rotatable bonds is 3. The number of hydrogen-bond acceptors (Lipinski definition) is 1. The van der Waals surface area contributed by atoms with Crippen molar-refractivity contribution in [3.8, 4) is 0 Å². The second-order valence-corrected chi connectivity index (χ2v) is 7.37. The number of pyridine rings is 1. The second kappa shape index (κ2) is 5.80. The van der Waals surface area contributed by atoms with Gasteiger partial charge in [-0.05, 0) is 77.6 Å². The predicted octanol–water partition coefficient (Wildman–Crippen LogP) is 3.99. The van der Waals surface area contributed by atoms with Crippen molar-refractivity contribution >= 4 is 16.6 Å². The Morgan fingerprint density at radius 1 is 0.840 bits per heavy atom. The van der Waals surface area contributed by atoms with Crippen LogP contribution < -0.4 is 4.57 Å². The summed E-state index contributed by atoms with van der Waals surface area (Å²) >= 11 is 0. The lowest BCUT2D eigenvalue weighted by atomic mass is 9.78. The van der Waals surface area contributed by atoms with Crippen molar-refractivity contribution < 1.29 is 9.36 Å². The van der Waals surface area contributed by atoms with Gasteiger partial charge in [-0.2, -0.15) is 4.57 Å². The van der Waals surface area contributed by atoms with Crippen molar-refractivity contribution in [2.45, 2.75) is 45.1 Å². The summed E-state index contributed by atoms with van der Waals surface area (Å²) in [7, 11) is 0. The highest BCUT2D eigenvalue weighted by molar-refractivity contribution is 6.05. The van der Waals surface area contributed by atoms with Gasteiger partial charge in [0.05, 0.1) is 0 Å². The minimum absolute atomic E-state index is 0.244. The molecule has 124 valence electrons. The second-order valence-electron chi connectivity index (χ2n) is 7.37. The van der Waals surface area contributed by atoms with Gasteiger partial charge in [-0.3, -0.25) is 4.79 Å². The Hall–Kier alpha value is -2.48. The van der Waals surface area contributed by atoms with Gasteiger partial charge in [-0.1, -0.05) is 18.2 Å². The molecule has 0 saturated carbocycles. The molecule has 0 unspecified atom stereocenters. The molecule has 0 aliphatic heterocycles. The minimum Gasteiger partial charge on any atom is -0.287 e. The first-order chi connectivity index (χ1) is 12.3. The van der Waals surface area contributed by atoms with E-state index in [-0.39, 0.29) is 5.78 Å². The first-order valence-electron chi connectivity index (χ1n) is 9.38. The average Bonchev–Trinajstić information content (AvgIpc) is 2.66. The van der Waals surface area contributed by atoms with Crippen molar-refractivity contribution in [3.63, 3.8) is 0 Å². The van der Waals surface area contributed by atoms with Crippen LogP contribution in [-0.4, -0.2) is 5.78 Å². The van der Waals surface area contributed by atoms with Crippen LogP contribution in [0.5, 0.6) is 0 Å². The minimum atomic E-state index is 0.244. The molecular formula is C23H22NO+. The lowest BCUT2D eigenvalue weighted by molar-refractivity contribution is -0.683. The standard InChI is InChI=1S/C23H22NO/c25-21(15-24-12-2-1-3-13-24)20-14-18-8-4-6-16-10-11-17-7-5-9-19(20)23(17)22(16)18/h1-3,10-14H,4-9,15H2/q+1. The maximum absolute atomic E-state index is 13.1. The van der Waals surface area contributed by atoms with E-state index in [1.165, 1.54) is 45.9 Å². The number of aromatic nitrogens is 1. The summed E-state index contributed by atoms with van der Waals surface area (Å²) in [5.74, 6) is 0.244. The highest BCUT2D eigenvalue weighted by Crippen LogP contribution is 2.39. The molecule has 3 aromatic rings. The van der Waals surface area contributed by atoms with Gasteiger partial charge in [0.1, 0.15) is 0 Å². The van der Waals surface area contributed by atoms with Crippen LogP contribution in [-0.2, 0) is 32.2 Å². The van der Waals surface area contributed by atoms with E-state index in [1.807, 2.05) is 35.2 Å². The van der Waals surface area contributed by atoms with Crippen LogP contribution in [0.4, 0.5) is 0 Å². The fraction of sp³-hybridized carbons (Fsp3) is 0.304. The normalized spacial score (nSPS) is 15.4. The fourth-order valence-corrected chi connectivity index (χ4v) is 4.71. The van der Waals surface area contributed by atoms with Gasteiger partial charge in [0.2, 0.25) is 12.3 Å². The summed E-state index contributed by atoms with van der Waals surface area (Å²) in [6.45, 7) is 0.424. The van der Waals surface area contributed by atoms with Crippen LogP contribution in [0, 0.1) is 0 Å². The van der Waals surface area contributed by atoms with Crippen molar-refractivity contribution in [1.29, 1.82) is 0 Å². The fourth-order valence-electron chi connectivity index (χ4n) is 4.71. The zero-order chi connectivity index (χ0) is 16.8. The number of hydrogen-bond donors (Lipinski definition) is 0. The lowest BCUT2D eigenvalue weighted by Gasteiger charge is -2.26. The smallest absolute Gasteiger partial charge is 0.227 e. The van der Waals surface area contributed by atoms with E-state index in [4.69, 9.17) is 0 Å². The third kappa shape index (κ3) is 2.39. The van der Waals surface area contributed by atoms with Gasteiger partial charge in [0.15, 0.2) is 12.4 Å². The van der Waals surface area contributed by atoms with E-state index in [0.29, 0.717) is 6.54 Å². The SMILES string of the molecule is O=C(C[n+]1ccccc1)c1cc2c3c(ccc4c3c1CCC4)CCC2. The molecule has 0 N–H and O–H groups in total. The van der Waals surface area contributed by atoms with Crippen molar-refractivity contribution in [2.24, 2.45) is 0 Å². The van der Waals surface area contributed by atoms with Crippen LogP contribution >= 0.6 is 0 Å². The number of Topliss-reactive ketones (excluding diaryl/α,β-unsaturated/α-hetero) is 1.